The molecule has 0 N–H and O–H groups in total. The van der Waals surface area contributed by atoms with Crippen molar-refractivity contribution in [3.8, 4) is 0 Å². The van der Waals surface area contributed by atoms with Crippen LogP contribution in [0, 0.1) is 0 Å². The zero-order valence-corrected chi connectivity index (χ0v) is 44.2. The number of hydrogen-bond acceptors (Lipinski definition) is 6. The summed E-state index contributed by atoms with van der Waals surface area (Å²) in [7, 11) is 0. The van der Waals surface area contributed by atoms with Crippen molar-refractivity contribution in [2.24, 2.45) is 0 Å². The van der Waals surface area contributed by atoms with Crippen LogP contribution in [0.25, 0.3) is 0 Å². The van der Waals surface area contributed by atoms with E-state index in [1.54, 1.807) is 0 Å². The lowest BCUT2D eigenvalue weighted by atomic mass is 10.0. The van der Waals surface area contributed by atoms with E-state index >= 15 is 0 Å². The van der Waals surface area contributed by atoms with Crippen LogP contribution in [-0.4, -0.2) is 37.2 Å². The van der Waals surface area contributed by atoms with Gasteiger partial charge in [-0.3, -0.25) is 14.4 Å². The maximum absolute atomic E-state index is 12.8. The molecule has 386 valence electrons. The summed E-state index contributed by atoms with van der Waals surface area (Å²) in [5, 5.41) is 0. The molecule has 0 aliphatic heterocycles. The van der Waals surface area contributed by atoms with Gasteiger partial charge in [-0.25, -0.2) is 0 Å². The summed E-state index contributed by atoms with van der Waals surface area (Å²) in [6, 6.07) is 0. The average molecular weight is 928 g/mol. The molecule has 0 aromatic heterocycles. The van der Waals surface area contributed by atoms with E-state index in [9.17, 15) is 14.4 Å². The van der Waals surface area contributed by atoms with Gasteiger partial charge in [0, 0.05) is 19.3 Å². The van der Waals surface area contributed by atoms with Crippen molar-refractivity contribution < 1.29 is 28.6 Å². The normalized spacial score (nSPS) is 12.2. The fourth-order valence-corrected chi connectivity index (χ4v) is 8.46. The highest BCUT2D eigenvalue weighted by molar-refractivity contribution is 5.71. The number of carbonyl (C=O) groups excluding carboxylic acids is 3. The van der Waals surface area contributed by atoms with Crippen LogP contribution in [0.4, 0.5) is 0 Å². The zero-order chi connectivity index (χ0) is 47.9. The van der Waals surface area contributed by atoms with Gasteiger partial charge in [-0.1, -0.05) is 256 Å². The Balaban J connectivity index is 4.24. The van der Waals surface area contributed by atoms with Crippen molar-refractivity contribution in [2.75, 3.05) is 13.2 Å². The summed E-state index contributed by atoms with van der Waals surface area (Å²) in [6.45, 7) is 6.62. The van der Waals surface area contributed by atoms with E-state index in [0.29, 0.717) is 19.3 Å². The predicted octanol–water partition coefficient (Wildman–Crippen LogP) is 19.3. The Kier molecular flexibility index (Phi) is 53.2. The third-order valence-corrected chi connectivity index (χ3v) is 12.9. The molecule has 1 atom stereocenters. The second-order valence-corrected chi connectivity index (χ2v) is 19.6. The Morgan fingerprint density at radius 3 is 0.894 bits per heavy atom. The van der Waals surface area contributed by atoms with Crippen molar-refractivity contribution in [3.63, 3.8) is 0 Å². The van der Waals surface area contributed by atoms with Crippen LogP contribution in [-0.2, 0) is 28.6 Å². The van der Waals surface area contributed by atoms with E-state index in [-0.39, 0.29) is 31.1 Å². The van der Waals surface area contributed by atoms with E-state index in [4.69, 9.17) is 14.2 Å². The van der Waals surface area contributed by atoms with E-state index in [2.05, 4.69) is 57.2 Å². The molecular weight excluding hydrogens is 817 g/mol. The van der Waals surface area contributed by atoms with Gasteiger partial charge in [-0.15, -0.1) is 0 Å². The molecule has 0 saturated carbocycles. The summed E-state index contributed by atoms with van der Waals surface area (Å²) < 4.78 is 16.8. The van der Waals surface area contributed by atoms with Crippen molar-refractivity contribution in [1.29, 1.82) is 0 Å². The Bertz CT molecular complexity index is 1110. The van der Waals surface area contributed by atoms with Crippen LogP contribution in [0.2, 0.25) is 0 Å². The SMILES string of the molecule is CCCC/C=C\CCCCCCCC(=O)OCC(COC(=O)CCCCCCCCCCCCC/C=C\C/C=C\CCCCCCC)OC(=O)CCCCCCCCCCCCCCCC. The Hall–Kier alpha value is -2.37. The minimum absolute atomic E-state index is 0.0723. The molecule has 66 heavy (non-hydrogen) atoms. The molecular formula is C60H110O6. The molecule has 1 unspecified atom stereocenters. The first-order valence-electron chi connectivity index (χ1n) is 29.0. The summed E-state index contributed by atoms with van der Waals surface area (Å²) in [6.07, 6.45) is 65.7. The Labute approximate surface area is 410 Å². The van der Waals surface area contributed by atoms with Crippen LogP contribution in [0.3, 0.4) is 0 Å². The number of unbranched alkanes of at least 4 members (excludes halogenated alkanes) is 36. The van der Waals surface area contributed by atoms with E-state index in [0.717, 1.165) is 70.6 Å². The molecule has 0 rings (SSSR count). The van der Waals surface area contributed by atoms with Gasteiger partial charge in [-0.2, -0.15) is 0 Å². The maximum atomic E-state index is 12.8. The molecule has 0 amide bonds. The predicted molar refractivity (Wildman–Crippen MR) is 284 cm³/mol. The maximum Gasteiger partial charge on any atom is 0.306 e. The van der Waals surface area contributed by atoms with Gasteiger partial charge in [0.1, 0.15) is 13.2 Å². The van der Waals surface area contributed by atoms with Crippen molar-refractivity contribution in [1.82, 2.24) is 0 Å². The highest BCUT2D eigenvalue weighted by Crippen LogP contribution is 2.16. The fraction of sp³-hybridized carbons (Fsp3) is 0.850. The van der Waals surface area contributed by atoms with Gasteiger partial charge in [-0.05, 0) is 70.6 Å². The van der Waals surface area contributed by atoms with Gasteiger partial charge in [0.2, 0.25) is 0 Å². The highest BCUT2D eigenvalue weighted by atomic mass is 16.6. The molecule has 0 aliphatic rings. The van der Waals surface area contributed by atoms with Crippen LogP contribution < -0.4 is 0 Å². The molecule has 0 heterocycles. The lowest BCUT2D eigenvalue weighted by Gasteiger charge is -2.18. The van der Waals surface area contributed by atoms with E-state index in [1.807, 2.05) is 0 Å². The number of carbonyl (C=O) groups is 3. The van der Waals surface area contributed by atoms with Crippen molar-refractivity contribution >= 4 is 17.9 Å². The lowest BCUT2D eigenvalue weighted by molar-refractivity contribution is -0.167. The Morgan fingerprint density at radius 2 is 0.561 bits per heavy atom. The molecule has 0 fully saturated rings. The molecule has 0 saturated heterocycles. The van der Waals surface area contributed by atoms with Gasteiger partial charge >= 0.3 is 17.9 Å². The number of allylic oxidation sites excluding steroid dienone is 6. The summed E-state index contributed by atoms with van der Waals surface area (Å²) >= 11 is 0. The van der Waals surface area contributed by atoms with E-state index in [1.165, 1.54) is 199 Å². The van der Waals surface area contributed by atoms with Crippen molar-refractivity contribution in [2.45, 2.75) is 316 Å². The van der Waals surface area contributed by atoms with E-state index < -0.39 is 6.10 Å². The fourth-order valence-electron chi connectivity index (χ4n) is 8.46. The molecule has 0 aliphatic carbocycles. The van der Waals surface area contributed by atoms with Gasteiger partial charge in [0.25, 0.3) is 0 Å². The quantitative estimate of drug-likeness (QED) is 0.0262. The molecule has 0 radical (unpaired) electrons. The van der Waals surface area contributed by atoms with Gasteiger partial charge in [0.15, 0.2) is 6.10 Å². The summed E-state index contributed by atoms with van der Waals surface area (Å²) in [5.74, 6) is -0.868. The minimum atomic E-state index is -0.772. The van der Waals surface area contributed by atoms with Crippen LogP contribution in [0.1, 0.15) is 310 Å². The number of hydrogen-bond donors (Lipinski definition) is 0. The average Bonchev–Trinajstić information content (AvgIpc) is 3.31. The minimum Gasteiger partial charge on any atom is -0.462 e. The molecule has 0 bridgehead atoms. The number of esters is 3. The molecule has 6 heteroatoms. The monoisotopic (exact) mass is 927 g/mol. The summed E-state index contributed by atoms with van der Waals surface area (Å²) in [5.41, 5.74) is 0. The number of rotatable bonds is 53. The first-order valence-corrected chi connectivity index (χ1v) is 29.0. The third kappa shape index (κ3) is 52.6. The highest BCUT2D eigenvalue weighted by Gasteiger charge is 2.19. The van der Waals surface area contributed by atoms with Crippen LogP contribution >= 0.6 is 0 Å². The van der Waals surface area contributed by atoms with Crippen molar-refractivity contribution in [3.05, 3.63) is 36.5 Å². The number of ether oxygens (including phenoxy) is 3. The smallest absolute Gasteiger partial charge is 0.306 e. The summed E-state index contributed by atoms with van der Waals surface area (Å²) in [4.78, 5) is 38.1. The second-order valence-electron chi connectivity index (χ2n) is 19.6. The first-order chi connectivity index (χ1) is 32.5. The van der Waals surface area contributed by atoms with Crippen LogP contribution in [0.15, 0.2) is 36.5 Å². The topological polar surface area (TPSA) is 78.9 Å². The Morgan fingerprint density at radius 1 is 0.303 bits per heavy atom. The molecule has 0 aromatic rings. The molecule has 0 aromatic carbocycles. The lowest BCUT2D eigenvalue weighted by Crippen LogP contribution is -2.30. The largest absolute Gasteiger partial charge is 0.462 e. The van der Waals surface area contributed by atoms with Gasteiger partial charge < -0.3 is 14.2 Å². The molecule has 0 spiro atoms. The molecule has 6 nitrogen and oxygen atoms in total. The second kappa shape index (κ2) is 55.2. The standard InChI is InChI=1S/C60H110O6/c1-4-7-10-13-16-19-22-24-26-27-28-29-30-31-32-33-34-36-38-41-44-47-50-53-59(62)65-56-57(55-64-58(61)52-49-46-43-40-37-21-18-15-12-9-6-3)66-60(63)54-51-48-45-42-39-35-25-23-20-17-14-11-8-5-2/h15,18,22,24,27-28,57H,4-14,16-17,19-21,23,25-26,29-56H2,1-3H3/b18-15-,24-22-,28-27-. The zero-order valence-electron chi connectivity index (χ0n) is 44.2. The van der Waals surface area contributed by atoms with Gasteiger partial charge in [0.05, 0.1) is 0 Å². The van der Waals surface area contributed by atoms with Crippen LogP contribution in [0.5, 0.6) is 0 Å². The third-order valence-electron chi connectivity index (χ3n) is 12.9. The first kappa shape index (κ1) is 63.6.